The first-order valence-corrected chi connectivity index (χ1v) is 10.4. The minimum atomic E-state index is -0.371. The molecule has 0 spiro atoms. The summed E-state index contributed by atoms with van der Waals surface area (Å²) in [5, 5.41) is 13.3. The van der Waals surface area contributed by atoms with Gasteiger partial charge in [-0.1, -0.05) is 42.5 Å². The second-order valence-corrected chi connectivity index (χ2v) is 7.40. The van der Waals surface area contributed by atoms with Crippen LogP contribution in [0.2, 0.25) is 0 Å². The second kappa shape index (κ2) is 9.91. The van der Waals surface area contributed by atoms with Crippen LogP contribution in [0.1, 0.15) is 5.56 Å². The van der Waals surface area contributed by atoms with Gasteiger partial charge in [-0.3, -0.25) is 9.59 Å². The Morgan fingerprint density at radius 3 is 2.52 bits per heavy atom. The molecular formula is C26H23NO6. The van der Waals surface area contributed by atoms with Crippen molar-refractivity contribution in [2.45, 2.75) is 6.42 Å². The van der Waals surface area contributed by atoms with Crippen LogP contribution in [0.5, 0.6) is 17.2 Å². The highest BCUT2D eigenvalue weighted by atomic mass is 16.5. The van der Waals surface area contributed by atoms with E-state index in [2.05, 4.69) is 5.32 Å². The highest BCUT2D eigenvalue weighted by molar-refractivity contribution is 5.88. The van der Waals surface area contributed by atoms with Gasteiger partial charge in [0.15, 0.2) is 6.61 Å². The van der Waals surface area contributed by atoms with Gasteiger partial charge < -0.3 is 24.3 Å². The van der Waals surface area contributed by atoms with Crippen molar-refractivity contribution in [1.29, 1.82) is 0 Å². The number of hydrogen-bond donors (Lipinski definition) is 2. The monoisotopic (exact) mass is 445 g/mol. The Morgan fingerprint density at radius 2 is 1.79 bits per heavy atom. The number of fused-ring (bicyclic) bond motifs is 1. The standard InChI is InChI=1S/C26H23NO6/c1-31-19-9-7-18(8-10-19)21-15-33-23-14-20(13-22(28)25(23)26(21)30)32-16-24(29)27-12-11-17-5-3-2-4-6-17/h2-10,13-15,28H,11-12,16H2,1H3,(H,27,29). The first kappa shape index (κ1) is 22.0. The Morgan fingerprint density at radius 1 is 1.03 bits per heavy atom. The molecule has 4 rings (SSSR count). The van der Waals surface area contributed by atoms with Gasteiger partial charge in [-0.15, -0.1) is 0 Å². The maximum Gasteiger partial charge on any atom is 0.257 e. The van der Waals surface area contributed by atoms with E-state index in [1.807, 2.05) is 30.3 Å². The number of ether oxygens (including phenoxy) is 2. The smallest absolute Gasteiger partial charge is 0.257 e. The zero-order valence-electron chi connectivity index (χ0n) is 18.0. The fraction of sp³-hybridized carbons (Fsp3) is 0.154. The van der Waals surface area contributed by atoms with E-state index in [4.69, 9.17) is 13.9 Å². The fourth-order valence-corrected chi connectivity index (χ4v) is 3.45. The molecule has 168 valence electrons. The van der Waals surface area contributed by atoms with Crippen LogP contribution >= 0.6 is 0 Å². The molecule has 0 radical (unpaired) electrons. The molecule has 0 aliphatic rings. The van der Waals surface area contributed by atoms with Gasteiger partial charge in [-0.05, 0) is 29.7 Å². The number of carbonyl (C=O) groups is 1. The molecule has 0 bridgehead atoms. The Balaban J connectivity index is 1.44. The maximum absolute atomic E-state index is 13.0. The van der Waals surface area contributed by atoms with Gasteiger partial charge in [-0.25, -0.2) is 0 Å². The van der Waals surface area contributed by atoms with Gasteiger partial charge in [0, 0.05) is 18.7 Å². The molecule has 1 aromatic heterocycles. The van der Waals surface area contributed by atoms with Crippen molar-refractivity contribution in [3.63, 3.8) is 0 Å². The number of hydrogen-bond acceptors (Lipinski definition) is 6. The summed E-state index contributed by atoms with van der Waals surface area (Å²) in [4.78, 5) is 25.0. The minimum absolute atomic E-state index is 0.0444. The van der Waals surface area contributed by atoms with Crippen LogP contribution in [-0.2, 0) is 11.2 Å². The Kier molecular flexibility index (Phi) is 6.59. The van der Waals surface area contributed by atoms with Crippen LogP contribution in [0.3, 0.4) is 0 Å². The van der Waals surface area contributed by atoms with Crippen LogP contribution in [-0.4, -0.2) is 31.3 Å². The lowest BCUT2D eigenvalue weighted by Gasteiger charge is -2.10. The van der Waals surface area contributed by atoms with Crippen LogP contribution in [0.25, 0.3) is 22.1 Å². The number of phenolic OH excluding ortho intramolecular Hbond substituents is 1. The Labute approximate surface area is 190 Å². The molecule has 0 unspecified atom stereocenters. The average Bonchev–Trinajstić information content (AvgIpc) is 2.83. The highest BCUT2D eigenvalue weighted by Crippen LogP contribution is 2.30. The van der Waals surface area contributed by atoms with Gasteiger partial charge in [0.1, 0.15) is 34.5 Å². The van der Waals surface area contributed by atoms with Gasteiger partial charge in [0.2, 0.25) is 5.43 Å². The number of aromatic hydroxyl groups is 1. The molecule has 0 fully saturated rings. The summed E-state index contributed by atoms with van der Waals surface area (Å²) in [5.74, 6) is 0.314. The Bertz CT molecular complexity index is 1310. The van der Waals surface area contributed by atoms with Crippen molar-refractivity contribution < 1.29 is 23.8 Å². The summed E-state index contributed by atoms with van der Waals surface area (Å²) in [7, 11) is 1.56. The molecule has 1 amide bonds. The normalized spacial score (nSPS) is 10.7. The third-order valence-corrected chi connectivity index (χ3v) is 5.18. The molecule has 7 heteroatoms. The third-order valence-electron chi connectivity index (χ3n) is 5.18. The van der Waals surface area contributed by atoms with Gasteiger partial charge >= 0.3 is 0 Å². The molecule has 0 aliphatic carbocycles. The summed E-state index contributed by atoms with van der Waals surface area (Å²) in [6.45, 7) is 0.256. The molecule has 7 nitrogen and oxygen atoms in total. The predicted octanol–water partition coefficient (Wildman–Crippen LogP) is 3.91. The van der Waals surface area contributed by atoms with E-state index >= 15 is 0 Å². The zero-order chi connectivity index (χ0) is 23.2. The molecule has 4 aromatic rings. The molecular weight excluding hydrogens is 422 g/mol. The van der Waals surface area contributed by atoms with E-state index in [1.165, 1.54) is 18.4 Å². The second-order valence-electron chi connectivity index (χ2n) is 7.40. The summed E-state index contributed by atoms with van der Waals surface area (Å²) in [5.41, 5.74) is 1.87. The topological polar surface area (TPSA) is 98.0 Å². The van der Waals surface area contributed by atoms with Crippen molar-refractivity contribution in [1.82, 2.24) is 5.32 Å². The SMILES string of the molecule is COc1ccc(-c2coc3cc(OCC(=O)NCCc4ccccc4)cc(O)c3c2=O)cc1. The number of rotatable bonds is 8. The third kappa shape index (κ3) is 5.15. The zero-order valence-corrected chi connectivity index (χ0v) is 18.0. The van der Waals surface area contributed by atoms with Crippen LogP contribution < -0.4 is 20.2 Å². The van der Waals surface area contributed by atoms with E-state index in [9.17, 15) is 14.7 Å². The van der Waals surface area contributed by atoms with Crippen molar-refractivity contribution in [3.05, 3.63) is 88.8 Å². The number of benzene rings is 3. The quantitative estimate of drug-likeness (QED) is 0.427. The summed E-state index contributed by atoms with van der Waals surface area (Å²) < 4.78 is 16.2. The number of phenols is 1. The van der Waals surface area contributed by atoms with Crippen LogP contribution in [0.4, 0.5) is 0 Å². The number of nitrogens with one attached hydrogen (secondary N) is 1. The molecule has 1 heterocycles. The number of amides is 1. The lowest BCUT2D eigenvalue weighted by Crippen LogP contribution is -2.30. The van der Waals surface area contributed by atoms with Crippen LogP contribution in [0.15, 0.2) is 82.2 Å². The maximum atomic E-state index is 13.0. The van der Waals surface area contributed by atoms with Gasteiger partial charge in [-0.2, -0.15) is 0 Å². The van der Waals surface area contributed by atoms with Crippen molar-refractivity contribution in [2.75, 3.05) is 20.3 Å². The van der Waals surface area contributed by atoms with Crippen molar-refractivity contribution >= 4 is 16.9 Å². The molecule has 0 saturated carbocycles. The largest absolute Gasteiger partial charge is 0.507 e. The van der Waals surface area contributed by atoms with E-state index in [1.54, 1.807) is 31.4 Å². The van der Waals surface area contributed by atoms with E-state index in [0.717, 1.165) is 5.56 Å². The Hall–Kier alpha value is -4.26. The molecule has 33 heavy (non-hydrogen) atoms. The van der Waals surface area contributed by atoms with E-state index < -0.39 is 0 Å². The van der Waals surface area contributed by atoms with E-state index in [0.29, 0.717) is 29.8 Å². The molecule has 0 saturated heterocycles. The first-order chi connectivity index (χ1) is 16.0. The van der Waals surface area contributed by atoms with E-state index in [-0.39, 0.29) is 40.4 Å². The lowest BCUT2D eigenvalue weighted by molar-refractivity contribution is -0.123. The van der Waals surface area contributed by atoms with Crippen molar-refractivity contribution in [3.8, 4) is 28.4 Å². The highest BCUT2D eigenvalue weighted by Gasteiger charge is 2.15. The summed E-state index contributed by atoms with van der Waals surface area (Å²) in [6.07, 6.45) is 2.05. The average molecular weight is 445 g/mol. The molecule has 0 aliphatic heterocycles. The lowest BCUT2D eigenvalue weighted by atomic mass is 10.0. The predicted molar refractivity (Wildman–Crippen MR) is 125 cm³/mol. The van der Waals surface area contributed by atoms with Gasteiger partial charge in [0.25, 0.3) is 5.91 Å². The molecule has 0 atom stereocenters. The molecule has 3 aromatic carbocycles. The fourth-order valence-electron chi connectivity index (χ4n) is 3.45. The molecule has 2 N–H and O–H groups in total. The number of methoxy groups -OCH3 is 1. The number of carbonyl (C=O) groups excluding carboxylic acids is 1. The summed E-state index contributed by atoms with van der Waals surface area (Å²) >= 11 is 0. The van der Waals surface area contributed by atoms with Crippen molar-refractivity contribution in [2.24, 2.45) is 0 Å². The van der Waals surface area contributed by atoms with Crippen LogP contribution in [0, 0.1) is 0 Å². The minimum Gasteiger partial charge on any atom is -0.507 e. The first-order valence-electron chi connectivity index (χ1n) is 10.4. The summed E-state index contributed by atoms with van der Waals surface area (Å²) in [6, 6.07) is 19.6. The van der Waals surface area contributed by atoms with Gasteiger partial charge in [0.05, 0.1) is 12.7 Å².